The van der Waals surface area contributed by atoms with Crippen molar-refractivity contribution in [3.63, 3.8) is 0 Å². The largest absolute Gasteiger partial charge is 0.489 e. The van der Waals surface area contributed by atoms with E-state index in [1.54, 1.807) is 0 Å². The molecule has 2 rings (SSSR count). The highest BCUT2D eigenvalue weighted by molar-refractivity contribution is 9.10. The fraction of sp³-hybridized carbons (Fsp3) is 0.500. The number of carbonyl (C=O) groups excluding carboxylic acids is 1. The molecule has 0 bridgehead atoms. The van der Waals surface area contributed by atoms with Crippen molar-refractivity contribution < 1.29 is 14.3 Å². The van der Waals surface area contributed by atoms with Gasteiger partial charge in [0.15, 0.2) is 0 Å². The van der Waals surface area contributed by atoms with E-state index in [4.69, 9.17) is 9.47 Å². The summed E-state index contributed by atoms with van der Waals surface area (Å²) in [6.45, 7) is 2.76. The molecule has 1 fully saturated rings. The van der Waals surface area contributed by atoms with Crippen molar-refractivity contribution in [2.24, 2.45) is 0 Å². The molecule has 19 heavy (non-hydrogen) atoms. The SMILES string of the molecule is CCc1cc(Br)ccc1O[C@@H]1CN[C@H](C(=O)OC)C1. The highest BCUT2D eigenvalue weighted by atomic mass is 79.9. The molecule has 0 amide bonds. The minimum Gasteiger partial charge on any atom is -0.489 e. The fourth-order valence-corrected chi connectivity index (χ4v) is 2.64. The van der Waals surface area contributed by atoms with Crippen LogP contribution in [-0.2, 0) is 16.0 Å². The summed E-state index contributed by atoms with van der Waals surface area (Å²) in [5.41, 5.74) is 1.16. The van der Waals surface area contributed by atoms with Gasteiger partial charge in [-0.2, -0.15) is 0 Å². The molecule has 1 aliphatic heterocycles. The molecule has 0 spiro atoms. The number of rotatable bonds is 4. The highest BCUT2D eigenvalue weighted by Crippen LogP contribution is 2.26. The van der Waals surface area contributed by atoms with Gasteiger partial charge < -0.3 is 14.8 Å². The van der Waals surface area contributed by atoms with Crippen LogP contribution in [-0.4, -0.2) is 31.8 Å². The second-order valence-corrected chi connectivity index (χ2v) is 5.48. The summed E-state index contributed by atoms with van der Waals surface area (Å²) in [7, 11) is 1.40. The predicted octanol–water partition coefficient (Wildman–Crippen LogP) is 2.29. The molecule has 0 aromatic heterocycles. The Bertz CT molecular complexity index is 464. The summed E-state index contributed by atoms with van der Waals surface area (Å²) >= 11 is 3.46. The van der Waals surface area contributed by atoms with Gasteiger partial charge >= 0.3 is 5.97 Å². The third kappa shape index (κ3) is 3.48. The number of halogens is 1. The number of esters is 1. The van der Waals surface area contributed by atoms with E-state index >= 15 is 0 Å². The van der Waals surface area contributed by atoms with Gasteiger partial charge in [0.05, 0.1) is 7.11 Å². The quantitative estimate of drug-likeness (QED) is 0.862. The highest BCUT2D eigenvalue weighted by Gasteiger charge is 2.31. The van der Waals surface area contributed by atoms with Crippen LogP contribution in [0.4, 0.5) is 0 Å². The number of carbonyl (C=O) groups is 1. The van der Waals surface area contributed by atoms with Crippen LogP contribution in [0.25, 0.3) is 0 Å². The van der Waals surface area contributed by atoms with Gasteiger partial charge in [-0.3, -0.25) is 4.79 Å². The maximum atomic E-state index is 11.4. The summed E-state index contributed by atoms with van der Waals surface area (Å²) in [4.78, 5) is 11.4. The van der Waals surface area contributed by atoms with Crippen LogP contribution in [0.3, 0.4) is 0 Å². The van der Waals surface area contributed by atoms with Crippen molar-refractivity contribution in [1.82, 2.24) is 5.32 Å². The Kier molecular flexibility index (Phi) is 4.82. The third-order valence-corrected chi connectivity index (χ3v) is 3.77. The summed E-state index contributed by atoms with van der Waals surface area (Å²) < 4.78 is 11.8. The van der Waals surface area contributed by atoms with Gasteiger partial charge in [0.2, 0.25) is 0 Å². The van der Waals surface area contributed by atoms with E-state index in [9.17, 15) is 4.79 Å². The number of nitrogens with one attached hydrogen (secondary N) is 1. The van der Waals surface area contributed by atoms with Crippen LogP contribution < -0.4 is 10.1 Å². The predicted molar refractivity (Wildman–Crippen MR) is 76.4 cm³/mol. The number of ether oxygens (including phenoxy) is 2. The first-order chi connectivity index (χ1) is 9.13. The number of aryl methyl sites for hydroxylation is 1. The summed E-state index contributed by atoms with van der Waals surface area (Å²) in [6, 6.07) is 5.74. The van der Waals surface area contributed by atoms with Crippen molar-refractivity contribution in [3.05, 3.63) is 28.2 Å². The zero-order valence-corrected chi connectivity index (χ0v) is 12.7. The lowest BCUT2D eigenvalue weighted by Gasteiger charge is -2.16. The second kappa shape index (κ2) is 6.39. The first-order valence-corrected chi connectivity index (χ1v) is 7.19. The Hall–Kier alpha value is -1.07. The molecule has 1 aromatic carbocycles. The van der Waals surface area contributed by atoms with E-state index < -0.39 is 0 Å². The molecule has 0 unspecified atom stereocenters. The molecule has 1 heterocycles. The molecule has 0 saturated carbocycles. The Morgan fingerprint density at radius 3 is 3.00 bits per heavy atom. The van der Waals surface area contributed by atoms with Crippen LogP contribution in [0, 0.1) is 0 Å². The van der Waals surface area contributed by atoms with Gasteiger partial charge in [-0.1, -0.05) is 22.9 Å². The summed E-state index contributed by atoms with van der Waals surface area (Å²) in [5.74, 6) is 0.667. The lowest BCUT2D eigenvalue weighted by atomic mass is 10.1. The Labute approximate surface area is 121 Å². The number of methoxy groups -OCH3 is 1. The molecule has 1 N–H and O–H groups in total. The van der Waals surface area contributed by atoms with Crippen molar-refractivity contribution in [2.75, 3.05) is 13.7 Å². The van der Waals surface area contributed by atoms with Gasteiger partial charge in [0, 0.05) is 17.4 Å². The van der Waals surface area contributed by atoms with Crippen LogP contribution in [0.15, 0.2) is 22.7 Å². The van der Waals surface area contributed by atoms with Crippen molar-refractivity contribution >= 4 is 21.9 Å². The monoisotopic (exact) mass is 327 g/mol. The van der Waals surface area contributed by atoms with E-state index in [1.807, 2.05) is 12.1 Å². The molecule has 1 aliphatic rings. The molecule has 5 heteroatoms. The number of hydrogen-bond acceptors (Lipinski definition) is 4. The zero-order chi connectivity index (χ0) is 13.8. The van der Waals surface area contributed by atoms with E-state index in [1.165, 1.54) is 7.11 Å². The van der Waals surface area contributed by atoms with E-state index in [0.717, 1.165) is 22.2 Å². The van der Waals surface area contributed by atoms with Gasteiger partial charge in [0.1, 0.15) is 17.9 Å². The fourth-order valence-electron chi connectivity index (χ4n) is 2.23. The Balaban J connectivity index is 2.01. The maximum Gasteiger partial charge on any atom is 0.323 e. The van der Waals surface area contributed by atoms with Crippen LogP contribution in [0.5, 0.6) is 5.75 Å². The molecule has 104 valence electrons. The normalized spacial score (nSPS) is 22.3. The van der Waals surface area contributed by atoms with E-state index in [-0.39, 0.29) is 18.1 Å². The van der Waals surface area contributed by atoms with Gasteiger partial charge in [-0.05, 0) is 30.2 Å². The molecule has 0 aliphatic carbocycles. The third-order valence-electron chi connectivity index (χ3n) is 3.27. The topological polar surface area (TPSA) is 47.6 Å². The lowest BCUT2D eigenvalue weighted by Crippen LogP contribution is -2.31. The standard InChI is InChI=1S/C14H18BrNO3/c1-3-9-6-10(15)4-5-13(9)19-11-7-12(16-8-11)14(17)18-2/h4-6,11-12,16H,3,7-8H2,1-2H3/t11-,12-/m0/s1. The summed E-state index contributed by atoms with van der Waals surface area (Å²) in [6.07, 6.45) is 1.57. The lowest BCUT2D eigenvalue weighted by molar-refractivity contribution is -0.142. The van der Waals surface area contributed by atoms with E-state index in [0.29, 0.717) is 13.0 Å². The van der Waals surface area contributed by atoms with Gasteiger partial charge in [-0.15, -0.1) is 0 Å². The molecular weight excluding hydrogens is 310 g/mol. The summed E-state index contributed by atoms with van der Waals surface area (Å²) in [5, 5.41) is 3.12. The van der Waals surface area contributed by atoms with Gasteiger partial charge in [-0.25, -0.2) is 0 Å². The first kappa shape index (κ1) is 14.3. The average Bonchev–Trinajstić information content (AvgIpc) is 2.88. The molecule has 1 saturated heterocycles. The van der Waals surface area contributed by atoms with Crippen LogP contribution >= 0.6 is 15.9 Å². The van der Waals surface area contributed by atoms with Crippen molar-refractivity contribution in [2.45, 2.75) is 31.9 Å². The second-order valence-electron chi connectivity index (χ2n) is 4.57. The molecule has 1 aromatic rings. The first-order valence-electron chi connectivity index (χ1n) is 6.40. The van der Waals surface area contributed by atoms with E-state index in [2.05, 4.69) is 34.2 Å². The zero-order valence-electron chi connectivity index (χ0n) is 11.1. The molecule has 4 nitrogen and oxygen atoms in total. The Morgan fingerprint density at radius 1 is 1.53 bits per heavy atom. The smallest absolute Gasteiger partial charge is 0.323 e. The van der Waals surface area contributed by atoms with Crippen LogP contribution in [0.2, 0.25) is 0 Å². The van der Waals surface area contributed by atoms with Crippen molar-refractivity contribution in [1.29, 1.82) is 0 Å². The minimum absolute atomic E-state index is 0.00979. The molecular formula is C14H18BrNO3. The average molecular weight is 328 g/mol. The number of hydrogen-bond donors (Lipinski definition) is 1. The van der Waals surface area contributed by atoms with Crippen molar-refractivity contribution in [3.8, 4) is 5.75 Å². The Morgan fingerprint density at radius 2 is 2.32 bits per heavy atom. The number of benzene rings is 1. The van der Waals surface area contributed by atoms with Crippen LogP contribution in [0.1, 0.15) is 18.9 Å². The molecule has 2 atom stereocenters. The van der Waals surface area contributed by atoms with Gasteiger partial charge in [0.25, 0.3) is 0 Å². The molecule has 0 radical (unpaired) electrons. The minimum atomic E-state index is -0.254. The maximum absolute atomic E-state index is 11.4.